The summed E-state index contributed by atoms with van der Waals surface area (Å²) in [5, 5.41) is 0. The third-order valence-corrected chi connectivity index (χ3v) is 2.75. The molecule has 1 aromatic rings. The van der Waals surface area contributed by atoms with E-state index >= 15 is 0 Å². The molecule has 0 aliphatic carbocycles. The van der Waals surface area contributed by atoms with Crippen LogP contribution in [-0.4, -0.2) is 47.8 Å². The van der Waals surface area contributed by atoms with E-state index in [1.165, 1.54) is 0 Å². The van der Waals surface area contributed by atoms with Gasteiger partial charge in [0, 0.05) is 18.5 Å². The number of aromatic nitrogens is 1. The Balaban J connectivity index is 2.16. The minimum atomic E-state index is 0.179. The number of nitrogens with one attached hydrogen (secondary N) is 1. The van der Waals surface area contributed by atoms with E-state index in [2.05, 4.69) is 9.88 Å². The van der Waals surface area contributed by atoms with Crippen molar-refractivity contribution >= 4 is 17.5 Å². The summed E-state index contributed by atoms with van der Waals surface area (Å²) in [5.74, 6) is 1.74. The summed E-state index contributed by atoms with van der Waals surface area (Å²) in [7, 11) is 4.07. The summed E-state index contributed by atoms with van der Waals surface area (Å²) in [6, 6.07) is 3.66. The maximum atomic E-state index is 11.5. The Morgan fingerprint density at radius 1 is 1.57 bits per heavy atom. The number of rotatable bonds is 6. The molecule has 0 unspecified atom stereocenters. The topological polar surface area (TPSA) is 36.1 Å². The van der Waals surface area contributed by atoms with E-state index in [1.54, 1.807) is 18.0 Å². The second-order valence-corrected chi connectivity index (χ2v) is 4.47. The number of ketones is 1. The van der Waals surface area contributed by atoms with Crippen LogP contribution in [0.1, 0.15) is 10.5 Å². The molecule has 0 aliphatic heterocycles. The third-order valence-electron chi connectivity index (χ3n) is 1.81. The zero-order valence-electron chi connectivity index (χ0n) is 8.62. The van der Waals surface area contributed by atoms with Crippen molar-refractivity contribution < 1.29 is 4.79 Å². The zero-order valence-corrected chi connectivity index (χ0v) is 9.43. The molecule has 3 nitrogen and oxygen atoms in total. The monoisotopic (exact) mass is 212 g/mol. The Bertz CT molecular complexity index is 270. The Hall–Kier alpha value is -0.740. The van der Waals surface area contributed by atoms with E-state index in [0.29, 0.717) is 11.4 Å². The van der Waals surface area contributed by atoms with Gasteiger partial charge in [-0.15, -0.1) is 0 Å². The summed E-state index contributed by atoms with van der Waals surface area (Å²) >= 11 is 1.68. The molecule has 1 rings (SSSR count). The quantitative estimate of drug-likeness (QED) is 0.573. The van der Waals surface area contributed by atoms with E-state index in [1.807, 2.05) is 26.2 Å². The van der Waals surface area contributed by atoms with Gasteiger partial charge in [0.2, 0.25) is 0 Å². The van der Waals surface area contributed by atoms with Crippen LogP contribution in [0.25, 0.3) is 0 Å². The van der Waals surface area contributed by atoms with Gasteiger partial charge in [-0.2, -0.15) is 11.8 Å². The van der Waals surface area contributed by atoms with Crippen LogP contribution in [0, 0.1) is 0 Å². The highest BCUT2D eigenvalue weighted by Gasteiger charge is 2.05. The van der Waals surface area contributed by atoms with Crippen LogP contribution in [0.15, 0.2) is 18.3 Å². The normalized spacial score (nSPS) is 10.8. The van der Waals surface area contributed by atoms with Gasteiger partial charge in [0.25, 0.3) is 0 Å². The molecule has 4 heteroatoms. The minimum Gasteiger partial charge on any atom is -0.359 e. The first-order valence-electron chi connectivity index (χ1n) is 4.59. The largest absolute Gasteiger partial charge is 0.359 e. The van der Waals surface area contributed by atoms with Crippen LogP contribution in [-0.2, 0) is 0 Å². The smallest absolute Gasteiger partial charge is 0.188 e. The first kappa shape index (κ1) is 11.3. The van der Waals surface area contributed by atoms with Gasteiger partial charge in [-0.25, -0.2) is 0 Å². The number of nitrogens with zero attached hydrogens (tertiary/aromatic N) is 1. The van der Waals surface area contributed by atoms with Crippen LogP contribution in [0.5, 0.6) is 0 Å². The molecule has 0 amide bonds. The second kappa shape index (κ2) is 5.88. The second-order valence-electron chi connectivity index (χ2n) is 3.36. The van der Waals surface area contributed by atoms with Crippen molar-refractivity contribution in [1.82, 2.24) is 9.88 Å². The molecule has 0 fully saturated rings. The average Bonchev–Trinajstić information content (AvgIpc) is 2.64. The van der Waals surface area contributed by atoms with Gasteiger partial charge in [0.05, 0.1) is 11.4 Å². The fraction of sp³-hybridized carbons (Fsp3) is 0.500. The number of carbonyl (C=O) groups excluding carboxylic acids is 1. The maximum Gasteiger partial charge on any atom is 0.188 e. The van der Waals surface area contributed by atoms with E-state index in [4.69, 9.17) is 0 Å². The van der Waals surface area contributed by atoms with Crippen molar-refractivity contribution in [2.45, 2.75) is 0 Å². The zero-order chi connectivity index (χ0) is 10.4. The molecule has 0 aromatic carbocycles. The number of hydrogen-bond acceptors (Lipinski definition) is 3. The molecule has 0 aliphatic rings. The molecule has 78 valence electrons. The highest BCUT2D eigenvalue weighted by molar-refractivity contribution is 8.00. The van der Waals surface area contributed by atoms with Crippen molar-refractivity contribution in [2.75, 3.05) is 32.1 Å². The van der Waals surface area contributed by atoms with Crippen LogP contribution >= 0.6 is 11.8 Å². The molecule has 0 atom stereocenters. The Morgan fingerprint density at radius 2 is 2.36 bits per heavy atom. The summed E-state index contributed by atoms with van der Waals surface area (Å²) in [4.78, 5) is 16.5. The SMILES string of the molecule is CN(C)CCSCC(=O)c1ccc[nH]1. The number of thioether (sulfide) groups is 1. The summed E-state index contributed by atoms with van der Waals surface area (Å²) < 4.78 is 0. The Labute approximate surface area is 88.9 Å². The van der Waals surface area contributed by atoms with Crippen molar-refractivity contribution in [2.24, 2.45) is 0 Å². The molecule has 0 spiro atoms. The van der Waals surface area contributed by atoms with E-state index in [-0.39, 0.29) is 5.78 Å². The first-order chi connectivity index (χ1) is 6.70. The first-order valence-corrected chi connectivity index (χ1v) is 5.74. The van der Waals surface area contributed by atoms with Crippen molar-refractivity contribution in [1.29, 1.82) is 0 Å². The van der Waals surface area contributed by atoms with E-state index in [0.717, 1.165) is 12.3 Å². The highest BCUT2D eigenvalue weighted by Crippen LogP contribution is 2.05. The van der Waals surface area contributed by atoms with Crippen LogP contribution < -0.4 is 0 Å². The van der Waals surface area contributed by atoms with Crippen molar-refractivity contribution in [3.8, 4) is 0 Å². The molecule has 0 saturated carbocycles. The lowest BCUT2D eigenvalue weighted by Crippen LogP contribution is -2.15. The summed E-state index contributed by atoms with van der Waals surface area (Å²) in [6.07, 6.45) is 1.78. The molecule has 0 bridgehead atoms. The van der Waals surface area contributed by atoms with Crippen LogP contribution in [0.3, 0.4) is 0 Å². The Morgan fingerprint density at radius 3 is 2.93 bits per heavy atom. The highest BCUT2D eigenvalue weighted by atomic mass is 32.2. The standard InChI is InChI=1S/C10H16N2OS/c1-12(2)6-7-14-8-10(13)9-4-3-5-11-9/h3-5,11H,6-8H2,1-2H3. The molecule has 0 saturated heterocycles. The number of Topliss-reactive ketones (excluding diaryl/α,β-unsaturated/α-hetero) is 1. The van der Waals surface area contributed by atoms with Crippen molar-refractivity contribution in [3.63, 3.8) is 0 Å². The lowest BCUT2D eigenvalue weighted by molar-refractivity contribution is 0.101. The third kappa shape index (κ3) is 3.98. The number of hydrogen-bond donors (Lipinski definition) is 1. The number of H-pyrrole nitrogens is 1. The molecular formula is C10H16N2OS. The predicted octanol–water partition coefficient (Wildman–Crippen LogP) is 1.49. The minimum absolute atomic E-state index is 0.179. The van der Waals surface area contributed by atoms with Gasteiger partial charge in [0.15, 0.2) is 5.78 Å². The lowest BCUT2D eigenvalue weighted by Gasteiger charge is -2.07. The number of aromatic amines is 1. The molecule has 1 aromatic heterocycles. The van der Waals surface area contributed by atoms with Gasteiger partial charge >= 0.3 is 0 Å². The van der Waals surface area contributed by atoms with E-state index in [9.17, 15) is 4.79 Å². The maximum absolute atomic E-state index is 11.5. The lowest BCUT2D eigenvalue weighted by atomic mass is 10.3. The summed E-state index contributed by atoms with van der Waals surface area (Å²) in [6.45, 7) is 1.02. The van der Waals surface area contributed by atoms with Gasteiger partial charge in [-0.3, -0.25) is 4.79 Å². The fourth-order valence-corrected chi connectivity index (χ4v) is 1.97. The summed E-state index contributed by atoms with van der Waals surface area (Å²) in [5.41, 5.74) is 0.711. The van der Waals surface area contributed by atoms with Crippen LogP contribution in [0.4, 0.5) is 0 Å². The predicted molar refractivity (Wildman–Crippen MR) is 61.0 cm³/mol. The van der Waals surface area contributed by atoms with Gasteiger partial charge in [-0.1, -0.05) is 0 Å². The van der Waals surface area contributed by atoms with Gasteiger partial charge in [-0.05, 0) is 26.2 Å². The molecule has 0 radical (unpaired) electrons. The van der Waals surface area contributed by atoms with Gasteiger partial charge < -0.3 is 9.88 Å². The fourth-order valence-electron chi connectivity index (χ4n) is 0.994. The van der Waals surface area contributed by atoms with Gasteiger partial charge in [0.1, 0.15) is 0 Å². The molecular weight excluding hydrogens is 196 g/mol. The Kier molecular flexibility index (Phi) is 4.76. The van der Waals surface area contributed by atoms with Crippen molar-refractivity contribution in [3.05, 3.63) is 24.0 Å². The molecule has 1 N–H and O–H groups in total. The molecule has 1 heterocycles. The molecule has 14 heavy (non-hydrogen) atoms. The van der Waals surface area contributed by atoms with Crippen LogP contribution in [0.2, 0.25) is 0 Å². The van der Waals surface area contributed by atoms with E-state index < -0.39 is 0 Å². The average molecular weight is 212 g/mol. The number of carbonyl (C=O) groups is 1.